The van der Waals surface area contributed by atoms with E-state index in [0.717, 1.165) is 23.5 Å². The van der Waals surface area contributed by atoms with Crippen LogP contribution in [0.2, 0.25) is 5.02 Å². The number of halogens is 1. The van der Waals surface area contributed by atoms with Gasteiger partial charge in [-0.15, -0.1) is 0 Å². The van der Waals surface area contributed by atoms with Gasteiger partial charge in [-0.05, 0) is 43.0 Å². The second-order valence-corrected chi connectivity index (χ2v) is 5.72. The van der Waals surface area contributed by atoms with Crippen molar-refractivity contribution >= 4 is 11.6 Å². The summed E-state index contributed by atoms with van der Waals surface area (Å²) in [6, 6.07) is 8.95. The minimum atomic E-state index is 0.725. The van der Waals surface area contributed by atoms with Gasteiger partial charge in [0, 0.05) is 30.7 Å². The summed E-state index contributed by atoms with van der Waals surface area (Å²) in [4.78, 5) is 2.55. The third-order valence-corrected chi connectivity index (χ3v) is 4.21. The van der Waals surface area contributed by atoms with Crippen LogP contribution in [-0.4, -0.2) is 30.6 Å². The number of rotatable bonds is 2. The molecule has 1 aromatic rings. The van der Waals surface area contributed by atoms with E-state index in [9.17, 15) is 0 Å². The maximum Gasteiger partial charge on any atom is 0.0409 e. The number of nitrogens with one attached hydrogen (secondary N) is 1. The van der Waals surface area contributed by atoms with Crippen molar-refractivity contribution in [2.75, 3.05) is 19.6 Å². The van der Waals surface area contributed by atoms with Crippen LogP contribution in [0.3, 0.4) is 0 Å². The van der Waals surface area contributed by atoms with Gasteiger partial charge in [-0.2, -0.15) is 0 Å². The summed E-state index contributed by atoms with van der Waals surface area (Å²) < 4.78 is 0. The summed E-state index contributed by atoms with van der Waals surface area (Å²) in [6.07, 6.45) is 2.73. The Bertz CT molecular complexity index is 380. The monoisotopic (exact) mass is 250 g/mol. The molecule has 1 aromatic carbocycles. The van der Waals surface area contributed by atoms with Crippen LogP contribution >= 0.6 is 11.6 Å². The lowest BCUT2D eigenvalue weighted by Gasteiger charge is -2.24. The van der Waals surface area contributed by atoms with E-state index in [1.807, 2.05) is 12.1 Å². The third kappa shape index (κ3) is 2.65. The molecule has 2 saturated heterocycles. The van der Waals surface area contributed by atoms with Gasteiger partial charge in [0.2, 0.25) is 0 Å². The van der Waals surface area contributed by atoms with E-state index in [2.05, 4.69) is 22.3 Å². The number of likely N-dealkylation sites (tertiary alicyclic amines) is 1. The minimum Gasteiger partial charge on any atom is -0.312 e. The first-order valence-electron chi connectivity index (χ1n) is 6.51. The predicted molar refractivity (Wildman–Crippen MR) is 71.2 cm³/mol. The summed E-state index contributed by atoms with van der Waals surface area (Å²) >= 11 is 6.02. The quantitative estimate of drug-likeness (QED) is 0.868. The van der Waals surface area contributed by atoms with Crippen molar-refractivity contribution in [2.24, 2.45) is 5.92 Å². The van der Waals surface area contributed by atoms with Gasteiger partial charge in [0.25, 0.3) is 0 Å². The molecule has 2 atom stereocenters. The van der Waals surface area contributed by atoms with Crippen LogP contribution in [-0.2, 0) is 6.54 Å². The van der Waals surface area contributed by atoms with Crippen molar-refractivity contribution in [3.8, 4) is 0 Å². The third-order valence-electron chi connectivity index (χ3n) is 3.97. The highest BCUT2D eigenvalue weighted by atomic mass is 35.5. The molecule has 0 aromatic heterocycles. The zero-order chi connectivity index (χ0) is 11.7. The predicted octanol–water partition coefficient (Wildman–Crippen LogP) is 2.52. The topological polar surface area (TPSA) is 15.3 Å². The van der Waals surface area contributed by atoms with Crippen molar-refractivity contribution in [2.45, 2.75) is 25.4 Å². The molecule has 2 nitrogen and oxygen atoms in total. The van der Waals surface area contributed by atoms with E-state index in [1.165, 1.54) is 38.0 Å². The Balaban J connectivity index is 1.63. The second-order valence-electron chi connectivity index (χ2n) is 5.29. The zero-order valence-electron chi connectivity index (χ0n) is 10.0. The van der Waals surface area contributed by atoms with Gasteiger partial charge in [0.1, 0.15) is 0 Å². The molecule has 3 rings (SSSR count). The van der Waals surface area contributed by atoms with Gasteiger partial charge in [0.15, 0.2) is 0 Å². The Hall–Kier alpha value is -0.570. The number of fused-ring (bicyclic) bond motifs is 1. The first-order chi connectivity index (χ1) is 8.31. The Labute approximate surface area is 108 Å². The molecule has 2 aliphatic rings. The fraction of sp³-hybridized carbons (Fsp3) is 0.571. The Morgan fingerprint density at radius 3 is 3.12 bits per heavy atom. The zero-order valence-corrected chi connectivity index (χ0v) is 10.8. The maximum atomic E-state index is 6.02. The standard InChI is InChI=1S/C14H19ClN2/c15-13-5-1-3-11(7-13)8-17-9-12-4-2-6-16-14(12)10-17/h1,3,5,7,12,14,16H,2,4,6,8-10H2/t12-,14+/m0/s1. The lowest BCUT2D eigenvalue weighted by molar-refractivity contribution is 0.312. The van der Waals surface area contributed by atoms with Crippen LogP contribution in [0.4, 0.5) is 0 Å². The van der Waals surface area contributed by atoms with E-state index >= 15 is 0 Å². The molecule has 2 aliphatic heterocycles. The average Bonchev–Trinajstić information content (AvgIpc) is 2.71. The fourth-order valence-electron chi connectivity index (χ4n) is 3.16. The summed E-state index contributed by atoms with van der Waals surface area (Å²) in [5, 5.41) is 4.49. The van der Waals surface area contributed by atoms with E-state index < -0.39 is 0 Å². The lowest BCUT2D eigenvalue weighted by atomic mass is 9.94. The Morgan fingerprint density at radius 1 is 1.35 bits per heavy atom. The maximum absolute atomic E-state index is 6.02. The number of benzene rings is 1. The second kappa shape index (κ2) is 4.97. The average molecular weight is 251 g/mol. The van der Waals surface area contributed by atoms with E-state index in [1.54, 1.807) is 0 Å². The van der Waals surface area contributed by atoms with Gasteiger partial charge >= 0.3 is 0 Å². The first-order valence-corrected chi connectivity index (χ1v) is 6.89. The van der Waals surface area contributed by atoms with Crippen LogP contribution in [0.1, 0.15) is 18.4 Å². The number of hydrogen-bond acceptors (Lipinski definition) is 2. The van der Waals surface area contributed by atoms with Gasteiger partial charge in [-0.3, -0.25) is 4.90 Å². The highest BCUT2D eigenvalue weighted by Crippen LogP contribution is 2.26. The van der Waals surface area contributed by atoms with Crippen molar-refractivity contribution in [1.82, 2.24) is 10.2 Å². The van der Waals surface area contributed by atoms with Crippen LogP contribution in [0.25, 0.3) is 0 Å². The Kier molecular flexibility index (Phi) is 3.37. The van der Waals surface area contributed by atoms with E-state index in [4.69, 9.17) is 11.6 Å². The summed E-state index contributed by atoms with van der Waals surface area (Å²) in [5.41, 5.74) is 1.33. The van der Waals surface area contributed by atoms with Crippen molar-refractivity contribution < 1.29 is 0 Å². The first kappa shape index (κ1) is 11.5. The molecule has 0 amide bonds. The molecule has 2 heterocycles. The summed E-state index contributed by atoms with van der Waals surface area (Å²) in [5.74, 6) is 0.864. The highest BCUT2D eigenvalue weighted by Gasteiger charge is 2.33. The SMILES string of the molecule is Clc1cccc(CN2C[C@@H]3CCCN[C@@H]3C2)c1. The molecule has 92 valence electrons. The molecule has 0 bridgehead atoms. The Morgan fingerprint density at radius 2 is 2.29 bits per heavy atom. The molecule has 0 spiro atoms. The number of piperidine rings is 1. The highest BCUT2D eigenvalue weighted by molar-refractivity contribution is 6.30. The molecule has 17 heavy (non-hydrogen) atoms. The lowest BCUT2D eigenvalue weighted by Crippen LogP contribution is -2.40. The molecule has 1 N–H and O–H groups in total. The van der Waals surface area contributed by atoms with Crippen molar-refractivity contribution in [1.29, 1.82) is 0 Å². The van der Waals surface area contributed by atoms with Gasteiger partial charge < -0.3 is 5.32 Å². The molecule has 0 saturated carbocycles. The summed E-state index contributed by atoms with van der Waals surface area (Å²) in [7, 11) is 0. The number of hydrogen-bond donors (Lipinski definition) is 1. The number of nitrogens with zero attached hydrogens (tertiary/aromatic N) is 1. The molecular formula is C14H19ClN2. The minimum absolute atomic E-state index is 0.725. The van der Waals surface area contributed by atoms with Crippen LogP contribution in [0, 0.1) is 5.92 Å². The van der Waals surface area contributed by atoms with Gasteiger partial charge in [-0.25, -0.2) is 0 Å². The molecule has 0 unspecified atom stereocenters. The van der Waals surface area contributed by atoms with Gasteiger partial charge in [-0.1, -0.05) is 23.7 Å². The largest absolute Gasteiger partial charge is 0.312 e. The summed E-state index contributed by atoms with van der Waals surface area (Å²) in [6.45, 7) is 4.67. The van der Waals surface area contributed by atoms with Gasteiger partial charge in [0.05, 0.1) is 0 Å². The van der Waals surface area contributed by atoms with Crippen LogP contribution in [0.5, 0.6) is 0 Å². The fourth-order valence-corrected chi connectivity index (χ4v) is 3.37. The van der Waals surface area contributed by atoms with E-state index in [0.29, 0.717) is 0 Å². The molecule has 0 aliphatic carbocycles. The molecule has 0 radical (unpaired) electrons. The van der Waals surface area contributed by atoms with E-state index in [-0.39, 0.29) is 0 Å². The van der Waals surface area contributed by atoms with Crippen LogP contribution < -0.4 is 5.32 Å². The molecule has 2 fully saturated rings. The normalized spacial score (nSPS) is 29.2. The van der Waals surface area contributed by atoms with Crippen LogP contribution in [0.15, 0.2) is 24.3 Å². The molecular weight excluding hydrogens is 232 g/mol. The smallest absolute Gasteiger partial charge is 0.0409 e. The van der Waals surface area contributed by atoms with Crippen molar-refractivity contribution in [3.63, 3.8) is 0 Å². The van der Waals surface area contributed by atoms with Crippen molar-refractivity contribution in [3.05, 3.63) is 34.9 Å². The molecule has 3 heteroatoms.